The first-order valence-electron chi connectivity index (χ1n) is 7.12. The standard InChI is InChI=1S/C16H21N3/c1-19-11-18-16(15(19)8-9-17)14-7-6-12-4-2-3-5-13(12)10-14/h6-7,10-11H,2-5,8-9,17H2,1H3. The monoisotopic (exact) mass is 255 g/mol. The largest absolute Gasteiger partial charge is 0.337 e. The Morgan fingerprint density at radius 1 is 1.21 bits per heavy atom. The maximum absolute atomic E-state index is 5.71. The van der Waals surface area contributed by atoms with E-state index in [-0.39, 0.29) is 0 Å². The molecule has 3 nitrogen and oxygen atoms in total. The molecule has 0 unspecified atom stereocenters. The Labute approximate surface area is 114 Å². The molecule has 0 spiro atoms. The highest BCUT2D eigenvalue weighted by Crippen LogP contribution is 2.28. The molecule has 3 rings (SSSR count). The van der Waals surface area contributed by atoms with Gasteiger partial charge in [0.1, 0.15) is 0 Å². The number of rotatable bonds is 3. The number of fused-ring (bicyclic) bond motifs is 1. The van der Waals surface area contributed by atoms with Crippen LogP contribution in [0.3, 0.4) is 0 Å². The normalized spacial score (nSPS) is 14.4. The van der Waals surface area contributed by atoms with E-state index in [0.717, 1.165) is 12.1 Å². The van der Waals surface area contributed by atoms with Crippen LogP contribution in [0.5, 0.6) is 0 Å². The van der Waals surface area contributed by atoms with Crippen molar-refractivity contribution in [2.24, 2.45) is 12.8 Å². The summed E-state index contributed by atoms with van der Waals surface area (Å²) >= 11 is 0. The first-order valence-corrected chi connectivity index (χ1v) is 7.12. The van der Waals surface area contributed by atoms with Crippen molar-refractivity contribution in [1.29, 1.82) is 0 Å². The highest BCUT2D eigenvalue weighted by Gasteiger charge is 2.14. The van der Waals surface area contributed by atoms with Gasteiger partial charge in [0.05, 0.1) is 12.0 Å². The molecule has 0 radical (unpaired) electrons. The van der Waals surface area contributed by atoms with Crippen molar-refractivity contribution < 1.29 is 0 Å². The van der Waals surface area contributed by atoms with Crippen LogP contribution in [0.4, 0.5) is 0 Å². The first kappa shape index (κ1) is 12.4. The molecule has 0 aliphatic heterocycles. The maximum Gasteiger partial charge on any atom is 0.0953 e. The molecule has 3 heteroatoms. The SMILES string of the molecule is Cn1cnc(-c2ccc3c(c2)CCCC3)c1CCN. The summed E-state index contributed by atoms with van der Waals surface area (Å²) in [6, 6.07) is 6.83. The molecule has 0 saturated carbocycles. The Morgan fingerprint density at radius 2 is 2.00 bits per heavy atom. The van der Waals surface area contributed by atoms with E-state index in [9.17, 15) is 0 Å². The fraction of sp³-hybridized carbons (Fsp3) is 0.438. The van der Waals surface area contributed by atoms with Crippen molar-refractivity contribution in [3.8, 4) is 11.3 Å². The average molecular weight is 255 g/mol. The third-order valence-corrected chi connectivity index (χ3v) is 4.06. The van der Waals surface area contributed by atoms with Gasteiger partial charge in [-0.15, -0.1) is 0 Å². The zero-order valence-corrected chi connectivity index (χ0v) is 11.5. The van der Waals surface area contributed by atoms with E-state index in [1.165, 1.54) is 48.1 Å². The minimum Gasteiger partial charge on any atom is -0.337 e. The van der Waals surface area contributed by atoms with Gasteiger partial charge < -0.3 is 10.3 Å². The first-order chi connectivity index (χ1) is 9.29. The summed E-state index contributed by atoms with van der Waals surface area (Å²) in [7, 11) is 2.04. The van der Waals surface area contributed by atoms with Gasteiger partial charge in [0.2, 0.25) is 0 Å². The fourth-order valence-corrected chi connectivity index (χ4v) is 3.01. The molecule has 100 valence electrons. The second-order valence-corrected chi connectivity index (χ2v) is 5.38. The number of hydrogen-bond donors (Lipinski definition) is 1. The Balaban J connectivity index is 2.02. The number of aromatic nitrogens is 2. The lowest BCUT2D eigenvalue weighted by atomic mass is 9.89. The molecule has 1 heterocycles. The summed E-state index contributed by atoms with van der Waals surface area (Å²) in [5.41, 5.74) is 12.3. The van der Waals surface area contributed by atoms with Gasteiger partial charge >= 0.3 is 0 Å². The predicted molar refractivity (Wildman–Crippen MR) is 78.0 cm³/mol. The van der Waals surface area contributed by atoms with Crippen LogP contribution in [-0.4, -0.2) is 16.1 Å². The molecule has 1 aromatic carbocycles. The summed E-state index contributed by atoms with van der Waals surface area (Å²) in [5, 5.41) is 0. The van der Waals surface area contributed by atoms with E-state index in [2.05, 4.69) is 27.8 Å². The number of imidazole rings is 1. The highest BCUT2D eigenvalue weighted by molar-refractivity contribution is 5.64. The second kappa shape index (κ2) is 5.17. The molecule has 0 fully saturated rings. The van der Waals surface area contributed by atoms with Crippen molar-refractivity contribution in [1.82, 2.24) is 9.55 Å². The molecule has 0 amide bonds. The van der Waals surface area contributed by atoms with Gasteiger partial charge in [-0.3, -0.25) is 0 Å². The molecular formula is C16H21N3. The summed E-state index contributed by atoms with van der Waals surface area (Å²) in [4.78, 5) is 4.56. The Morgan fingerprint density at radius 3 is 2.79 bits per heavy atom. The van der Waals surface area contributed by atoms with E-state index in [1.54, 1.807) is 0 Å². The van der Waals surface area contributed by atoms with E-state index < -0.39 is 0 Å². The Hall–Kier alpha value is -1.61. The zero-order chi connectivity index (χ0) is 13.2. The third-order valence-electron chi connectivity index (χ3n) is 4.06. The van der Waals surface area contributed by atoms with Crippen molar-refractivity contribution in [3.63, 3.8) is 0 Å². The quantitative estimate of drug-likeness (QED) is 0.915. The lowest BCUT2D eigenvalue weighted by molar-refractivity contribution is 0.686. The molecule has 2 aromatic rings. The molecule has 1 aromatic heterocycles. The van der Waals surface area contributed by atoms with Gasteiger partial charge in [-0.05, 0) is 49.4 Å². The molecule has 1 aliphatic carbocycles. The maximum atomic E-state index is 5.71. The predicted octanol–water partition coefficient (Wildman–Crippen LogP) is 2.47. The number of benzene rings is 1. The lowest BCUT2D eigenvalue weighted by Gasteiger charge is -2.16. The van der Waals surface area contributed by atoms with Crippen LogP contribution in [-0.2, 0) is 26.3 Å². The number of nitrogens with two attached hydrogens (primary N) is 1. The van der Waals surface area contributed by atoms with Crippen molar-refractivity contribution in [2.75, 3.05) is 6.54 Å². The number of nitrogens with zero attached hydrogens (tertiary/aromatic N) is 2. The van der Waals surface area contributed by atoms with Crippen LogP contribution in [0, 0.1) is 0 Å². The summed E-state index contributed by atoms with van der Waals surface area (Å²) in [6.45, 7) is 0.664. The van der Waals surface area contributed by atoms with Gasteiger partial charge in [0.15, 0.2) is 0 Å². The van der Waals surface area contributed by atoms with Crippen molar-refractivity contribution in [3.05, 3.63) is 41.3 Å². The van der Waals surface area contributed by atoms with Crippen LogP contribution >= 0.6 is 0 Å². The van der Waals surface area contributed by atoms with Crippen LogP contribution < -0.4 is 5.73 Å². The third kappa shape index (κ3) is 2.30. The molecule has 1 aliphatic rings. The van der Waals surface area contributed by atoms with Crippen LogP contribution in [0.15, 0.2) is 24.5 Å². The molecule has 19 heavy (non-hydrogen) atoms. The van der Waals surface area contributed by atoms with E-state index in [4.69, 9.17) is 5.73 Å². The molecular weight excluding hydrogens is 234 g/mol. The van der Waals surface area contributed by atoms with Crippen molar-refractivity contribution in [2.45, 2.75) is 32.1 Å². The minimum absolute atomic E-state index is 0.664. The van der Waals surface area contributed by atoms with Gasteiger partial charge in [0.25, 0.3) is 0 Å². The number of aryl methyl sites for hydroxylation is 3. The Kier molecular flexibility index (Phi) is 3.38. The van der Waals surface area contributed by atoms with Gasteiger partial charge in [0, 0.05) is 24.7 Å². The summed E-state index contributed by atoms with van der Waals surface area (Å²) < 4.78 is 2.08. The van der Waals surface area contributed by atoms with Gasteiger partial charge in [-0.1, -0.05) is 12.1 Å². The second-order valence-electron chi connectivity index (χ2n) is 5.38. The van der Waals surface area contributed by atoms with Crippen LogP contribution in [0.2, 0.25) is 0 Å². The molecule has 0 bridgehead atoms. The molecule has 0 atom stereocenters. The topological polar surface area (TPSA) is 43.8 Å². The van der Waals surface area contributed by atoms with Crippen molar-refractivity contribution >= 4 is 0 Å². The van der Waals surface area contributed by atoms with Gasteiger partial charge in [-0.2, -0.15) is 0 Å². The lowest BCUT2D eigenvalue weighted by Crippen LogP contribution is -2.08. The van der Waals surface area contributed by atoms with Gasteiger partial charge in [-0.25, -0.2) is 4.98 Å². The summed E-state index contributed by atoms with van der Waals surface area (Å²) in [5.74, 6) is 0. The van der Waals surface area contributed by atoms with Crippen LogP contribution in [0.1, 0.15) is 29.7 Å². The molecule has 2 N–H and O–H groups in total. The average Bonchev–Trinajstić information content (AvgIpc) is 2.80. The van der Waals surface area contributed by atoms with E-state index in [0.29, 0.717) is 6.54 Å². The summed E-state index contributed by atoms with van der Waals surface area (Å²) in [6.07, 6.45) is 7.85. The Bertz CT molecular complexity index is 584. The fourth-order valence-electron chi connectivity index (χ4n) is 3.01. The smallest absolute Gasteiger partial charge is 0.0953 e. The van der Waals surface area contributed by atoms with E-state index in [1.807, 2.05) is 13.4 Å². The molecule has 0 saturated heterocycles. The highest BCUT2D eigenvalue weighted by atomic mass is 15.0. The number of hydrogen-bond acceptors (Lipinski definition) is 2. The van der Waals surface area contributed by atoms with Crippen LogP contribution in [0.25, 0.3) is 11.3 Å². The van der Waals surface area contributed by atoms with E-state index >= 15 is 0 Å². The zero-order valence-electron chi connectivity index (χ0n) is 11.5. The minimum atomic E-state index is 0.664.